The SMILES string of the molecule is O=C(O)C(CCO[C@H]1C[C@H](CCc2ccc3c(n2)NCCC3)C1)CNC(=O)C1(c2ccccc2)CCC1. The van der Waals surface area contributed by atoms with Gasteiger partial charge in [-0.3, -0.25) is 9.59 Å². The molecule has 7 nitrogen and oxygen atoms in total. The predicted molar refractivity (Wildman–Crippen MR) is 143 cm³/mol. The number of rotatable bonds is 12. The van der Waals surface area contributed by atoms with Gasteiger partial charge in [-0.15, -0.1) is 0 Å². The van der Waals surface area contributed by atoms with Crippen molar-refractivity contribution in [2.45, 2.75) is 75.7 Å². The number of benzene rings is 1. The van der Waals surface area contributed by atoms with Gasteiger partial charge < -0.3 is 20.5 Å². The van der Waals surface area contributed by atoms with E-state index in [0.717, 1.165) is 75.0 Å². The summed E-state index contributed by atoms with van der Waals surface area (Å²) in [5, 5.41) is 16.0. The average Bonchev–Trinajstić information content (AvgIpc) is 2.86. The predicted octanol–water partition coefficient (Wildman–Crippen LogP) is 4.50. The molecule has 1 aromatic heterocycles. The summed E-state index contributed by atoms with van der Waals surface area (Å²) in [5.74, 6) is 0.122. The van der Waals surface area contributed by atoms with Crippen molar-refractivity contribution in [1.82, 2.24) is 10.3 Å². The molecular weight excluding hydrogens is 466 g/mol. The second kappa shape index (κ2) is 11.6. The van der Waals surface area contributed by atoms with E-state index in [1.54, 1.807) is 0 Å². The number of anilines is 1. The summed E-state index contributed by atoms with van der Waals surface area (Å²) in [6.45, 7) is 1.56. The van der Waals surface area contributed by atoms with E-state index in [2.05, 4.69) is 22.8 Å². The molecule has 2 heterocycles. The van der Waals surface area contributed by atoms with Gasteiger partial charge >= 0.3 is 5.97 Å². The maximum atomic E-state index is 13.0. The summed E-state index contributed by atoms with van der Waals surface area (Å²) < 4.78 is 5.99. The van der Waals surface area contributed by atoms with Crippen molar-refractivity contribution < 1.29 is 19.4 Å². The lowest BCUT2D eigenvalue weighted by Gasteiger charge is -2.41. The Labute approximate surface area is 219 Å². The first-order chi connectivity index (χ1) is 18.0. The molecule has 2 saturated carbocycles. The number of pyridine rings is 1. The Morgan fingerprint density at radius 3 is 2.68 bits per heavy atom. The Bertz CT molecular complexity index is 1080. The van der Waals surface area contributed by atoms with Crippen molar-refractivity contribution in [2.75, 3.05) is 25.0 Å². The highest BCUT2D eigenvalue weighted by Gasteiger charge is 2.45. The van der Waals surface area contributed by atoms with Crippen molar-refractivity contribution in [3.63, 3.8) is 0 Å². The van der Waals surface area contributed by atoms with Crippen molar-refractivity contribution in [2.24, 2.45) is 11.8 Å². The first-order valence-corrected chi connectivity index (χ1v) is 13.9. The van der Waals surface area contributed by atoms with Crippen LogP contribution in [0.4, 0.5) is 5.82 Å². The highest BCUT2D eigenvalue weighted by atomic mass is 16.5. The van der Waals surface area contributed by atoms with Gasteiger partial charge in [-0.25, -0.2) is 4.98 Å². The second-order valence-corrected chi connectivity index (χ2v) is 11.0. The maximum absolute atomic E-state index is 13.0. The molecule has 2 fully saturated rings. The molecule has 2 aromatic rings. The van der Waals surface area contributed by atoms with Crippen LogP contribution in [0.2, 0.25) is 0 Å². The molecule has 0 spiro atoms. The highest BCUT2D eigenvalue weighted by molar-refractivity contribution is 5.89. The van der Waals surface area contributed by atoms with Crippen molar-refractivity contribution in [3.05, 3.63) is 59.3 Å². The number of nitrogens with zero attached hydrogens (tertiary/aromatic N) is 1. The largest absolute Gasteiger partial charge is 0.481 e. The van der Waals surface area contributed by atoms with Crippen LogP contribution in [0.25, 0.3) is 0 Å². The second-order valence-electron chi connectivity index (χ2n) is 11.0. The normalized spacial score (nSPS) is 22.5. The maximum Gasteiger partial charge on any atom is 0.308 e. The van der Waals surface area contributed by atoms with Gasteiger partial charge in [-0.1, -0.05) is 42.8 Å². The van der Waals surface area contributed by atoms with Crippen LogP contribution in [0.3, 0.4) is 0 Å². The minimum Gasteiger partial charge on any atom is -0.481 e. The molecule has 0 saturated heterocycles. The number of amides is 1. The van der Waals surface area contributed by atoms with E-state index in [9.17, 15) is 14.7 Å². The smallest absolute Gasteiger partial charge is 0.308 e. The first kappa shape index (κ1) is 25.7. The van der Waals surface area contributed by atoms with Gasteiger partial charge in [-0.2, -0.15) is 0 Å². The Morgan fingerprint density at radius 1 is 1.14 bits per heavy atom. The van der Waals surface area contributed by atoms with Gasteiger partial charge in [0.15, 0.2) is 0 Å². The summed E-state index contributed by atoms with van der Waals surface area (Å²) >= 11 is 0. The third-order valence-electron chi connectivity index (χ3n) is 8.60. The van der Waals surface area contributed by atoms with Crippen LogP contribution < -0.4 is 10.6 Å². The molecule has 1 amide bonds. The number of nitrogens with one attached hydrogen (secondary N) is 2. The van der Waals surface area contributed by atoms with E-state index in [-0.39, 0.29) is 18.6 Å². The van der Waals surface area contributed by atoms with E-state index >= 15 is 0 Å². The molecule has 0 radical (unpaired) electrons. The van der Waals surface area contributed by atoms with Crippen LogP contribution >= 0.6 is 0 Å². The van der Waals surface area contributed by atoms with E-state index in [4.69, 9.17) is 9.72 Å². The summed E-state index contributed by atoms with van der Waals surface area (Å²) in [7, 11) is 0. The summed E-state index contributed by atoms with van der Waals surface area (Å²) in [4.78, 5) is 29.7. The van der Waals surface area contributed by atoms with Crippen LogP contribution in [-0.2, 0) is 32.6 Å². The molecule has 3 aliphatic rings. The van der Waals surface area contributed by atoms with Crippen LogP contribution in [0.15, 0.2) is 42.5 Å². The van der Waals surface area contributed by atoms with E-state index in [1.807, 2.05) is 30.3 Å². The molecule has 5 rings (SSSR count). The third-order valence-corrected chi connectivity index (χ3v) is 8.60. The molecule has 1 aromatic carbocycles. The van der Waals surface area contributed by atoms with Crippen molar-refractivity contribution >= 4 is 17.7 Å². The molecule has 198 valence electrons. The monoisotopic (exact) mass is 505 g/mol. The number of hydrogen-bond donors (Lipinski definition) is 3. The molecule has 3 N–H and O–H groups in total. The molecule has 0 bridgehead atoms. The van der Waals surface area contributed by atoms with Gasteiger partial charge in [0.1, 0.15) is 5.82 Å². The van der Waals surface area contributed by atoms with Crippen LogP contribution in [0, 0.1) is 11.8 Å². The number of carboxylic acid groups (broad SMARTS) is 1. The van der Waals surface area contributed by atoms with Crippen LogP contribution in [0.1, 0.15) is 68.2 Å². The minimum absolute atomic E-state index is 0.0526. The van der Waals surface area contributed by atoms with Crippen molar-refractivity contribution in [1.29, 1.82) is 0 Å². The van der Waals surface area contributed by atoms with Gasteiger partial charge in [0.2, 0.25) is 5.91 Å². The lowest BCUT2D eigenvalue weighted by molar-refractivity contribution is -0.143. The zero-order valence-electron chi connectivity index (χ0n) is 21.6. The van der Waals surface area contributed by atoms with Crippen LogP contribution in [0.5, 0.6) is 0 Å². The fraction of sp³-hybridized carbons (Fsp3) is 0.567. The molecule has 1 atom stereocenters. The first-order valence-electron chi connectivity index (χ1n) is 13.9. The highest BCUT2D eigenvalue weighted by Crippen LogP contribution is 2.44. The number of hydrogen-bond acceptors (Lipinski definition) is 5. The zero-order chi connectivity index (χ0) is 25.7. The van der Waals surface area contributed by atoms with Gasteiger partial charge in [0.25, 0.3) is 0 Å². The summed E-state index contributed by atoms with van der Waals surface area (Å²) in [6.07, 6.45) is 9.68. The molecular formula is C30H39N3O4. The molecule has 1 unspecified atom stereocenters. The zero-order valence-corrected chi connectivity index (χ0v) is 21.6. The third kappa shape index (κ3) is 5.98. The number of aromatic nitrogens is 1. The minimum atomic E-state index is -0.884. The fourth-order valence-corrected chi connectivity index (χ4v) is 5.92. The topological polar surface area (TPSA) is 101 Å². The van der Waals surface area contributed by atoms with Crippen molar-refractivity contribution in [3.8, 4) is 0 Å². The number of aryl methyl sites for hydroxylation is 2. The number of carboxylic acids is 1. The summed E-state index contributed by atoms with van der Waals surface area (Å²) in [6, 6.07) is 14.2. The standard InChI is InChI=1S/C30H39N3O4/c34-28(35)23(20-32-29(36)30(14-5-15-30)24-7-2-1-3-8-24)13-17-37-26-18-21(19-26)9-11-25-12-10-22-6-4-16-31-27(22)33-25/h1-3,7-8,10,12,21,23,26H,4-6,9,11,13-20H2,(H,31,33)(H,32,36)(H,34,35)/t21-,23?,26-. The molecule has 7 heteroatoms. The number of fused-ring (bicyclic) bond motifs is 1. The number of carbonyl (C=O) groups excluding carboxylic acids is 1. The quantitative estimate of drug-likeness (QED) is 0.393. The molecule has 2 aliphatic carbocycles. The number of carbonyl (C=O) groups is 2. The average molecular weight is 506 g/mol. The summed E-state index contributed by atoms with van der Waals surface area (Å²) in [5.41, 5.74) is 2.99. The van der Waals surface area contributed by atoms with Crippen LogP contribution in [-0.4, -0.2) is 47.8 Å². The van der Waals surface area contributed by atoms with E-state index in [1.165, 1.54) is 12.0 Å². The lowest BCUT2D eigenvalue weighted by Crippen LogP contribution is -2.50. The number of aliphatic carboxylic acids is 1. The van der Waals surface area contributed by atoms with E-state index in [0.29, 0.717) is 18.9 Å². The Hall–Kier alpha value is -2.93. The van der Waals surface area contributed by atoms with Gasteiger partial charge in [0.05, 0.1) is 17.4 Å². The fourth-order valence-electron chi connectivity index (χ4n) is 5.92. The van der Waals surface area contributed by atoms with Gasteiger partial charge in [0, 0.05) is 25.4 Å². The van der Waals surface area contributed by atoms with Gasteiger partial charge in [-0.05, 0) is 80.9 Å². The molecule has 37 heavy (non-hydrogen) atoms. The van der Waals surface area contributed by atoms with E-state index < -0.39 is 17.3 Å². The molecule has 1 aliphatic heterocycles. The Balaban J connectivity index is 1.00. The Kier molecular flexibility index (Phi) is 8.08. The Morgan fingerprint density at radius 2 is 1.95 bits per heavy atom. The number of ether oxygens (including phenoxy) is 1. The lowest BCUT2D eigenvalue weighted by atomic mass is 9.64.